The molecule has 0 aromatic heterocycles. The van der Waals surface area contributed by atoms with E-state index in [1.165, 1.54) is 11.3 Å². The van der Waals surface area contributed by atoms with Crippen LogP contribution in [0.1, 0.15) is 51.5 Å². The molecule has 15 heteroatoms. The summed E-state index contributed by atoms with van der Waals surface area (Å²) in [7, 11) is 0. The third-order valence-electron chi connectivity index (χ3n) is 6.83. The van der Waals surface area contributed by atoms with Crippen molar-refractivity contribution in [1.82, 2.24) is 15.1 Å². The minimum absolute atomic E-state index is 0.129. The van der Waals surface area contributed by atoms with Crippen molar-refractivity contribution in [3.05, 3.63) is 29.8 Å². The van der Waals surface area contributed by atoms with Crippen molar-refractivity contribution in [2.24, 2.45) is 5.92 Å². The molecular formula is C29H44N4O10S. The van der Waals surface area contributed by atoms with E-state index in [1.54, 1.807) is 4.90 Å². The largest absolute Gasteiger partial charge is 0.480 e. The highest BCUT2D eigenvalue weighted by Crippen LogP contribution is 2.22. The zero-order valence-electron chi connectivity index (χ0n) is 25.1. The second-order valence-electron chi connectivity index (χ2n) is 10.9. The van der Waals surface area contributed by atoms with Crippen LogP contribution in [0.25, 0.3) is 0 Å². The molecule has 0 radical (unpaired) electrons. The molecule has 1 atom stereocenters. The lowest BCUT2D eigenvalue weighted by Gasteiger charge is -2.31. The van der Waals surface area contributed by atoms with Gasteiger partial charge in [-0.1, -0.05) is 57.5 Å². The van der Waals surface area contributed by atoms with Gasteiger partial charge in [0.25, 0.3) is 0 Å². The first-order valence-corrected chi connectivity index (χ1v) is 14.8. The summed E-state index contributed by atoms with van der Waals surface area (Å²) in [6.07, 6.45) is 5.49. The summed E-state index contributed by atoms with van der Waals surface area (Å²) in [5.41, 5.74) is 1.68. The molecule has 0 saturated heterocycles. The number of anilines is 1. The minimum atomic E-state index is -1.16. The third kappa shape index (κ3) is 16.8. The Morgan fingerprint density at radius 1 is 0.795 bits per heavy atom. The van der Waals surface area contributed by atoms with Crippen LogP contribution < -0.4 is 10.6 Å². The Morgan fingerprint density at radius 2 is 1.30 bits per heavy atom. The molecule has 44 heavy (non-hydrogen) atoms. The molecule has 1 aromatic carbocycles. The highest BCUT2D eigenvalue weighted by Gasteiger charge is 2.25. The number of thiocarbonyl (C=S) groups is 1. The second kappa shape index (κ2) is 20.3. The van der Waals surface area contributed by atoms with E-state index in [9.17, 15) is 24.0 Å². The molecule has 1 aliphatic rings. The van der Waals surface area contributed by atoms with Crippen LogP contribution in [0.5, 0.6) is 0 Å². The second-order valence-corrected chi connectivity index (χ2v) is 11.3. The molecule has 1 aromatic rings. The number of nitrogens with one attached hydrogen (secondary N) is 2. The summed E-state index contributed by atoms with van der Waals surface area (Å²) >= 11 is 5.26. The molecule has 246 valence electrons. The summed E-state index contributed by atoms with van der Waals surface area (Å²) < 4.78 is 0. The summed E-state index contributed by atoms with van der Waals surface area (Å²) in [6, 6.07) is 6.97. The van der Waals surface area contributed by atoms with Crippen molar-refractivity contribution in [3.63, 3.8) is 0 Å². The topological polar surface area (TPSA) is 217 Å². The van der Waals surface area contributed by atoms with Gasteiger partial charge < -0.3 is 36.2 Å². The average Bonchev–Trinajstić information content (AvgIpc) is 2.92. The molecule has 7 N–H and O–H groups in total. The number of hydrogen-bond donors (Lipinski definition) is 7. The maximum Gasteiger partial charge on any atom is 0.317 e. The van der Waals surface area contributed by atoms with Crippen LogP contribution in [0.15, 0.2) is 24.3 Å². The van der Waals surface area contributed by atoms with Crippen LogP contribution >= 0.6 is 12.2 Å². The summed E-state index contributed by atoms with van der Waals surface area (Å²) in [6.45, 7) is 2.52. The van der Waals surface area contributed by atoms with Crippen LogP contribution in [0.3, 0.4) is 0 Å². The van der Waals surface area contributed by atoms with Crippen molar-refractivity contribution in [2.75, 3.05) is 44.6 Å². The Kier molecular flexibility index (Phi) is 17.7. The van der Waals surface area contributed by atoms with Gasteiger partial charge in [0.05, 0.1) is 37.7 Å². The van der Waals surface area contributed by atoms with Gasteiger partial charge >= 0.3 is 29.8 Å². The van der Waals surface area contributed by atoms with Gasteiger partial charge in [0.2, 0.25) is 0 Å². The monoisotopic (exact) mass is 640 g/mol. The van der Waals surface area contributed by atoms with E-state index in [0.717, 1.165) is 36.9 Å². The minimum Gasteiger partial charge on any atom is -0.480 e. The van der Waals surface area contributed by atoms with Gasteiger partial charge in [-0.3, -0.25) is 33.8 Å². The lowest BCUT2D eigenvalue weighted by molar-refractivity contribution is -0.145. The molecule has 2 rings (SSSR count). The van der Waals surface area contributed by atoms with Gasteiger partial charge in [-0.2, -0.15) is 0 Å². The van der Waals surface area contributed by atoms with E-state index < -0.39 is 49.0 Å². The lowest BCUT2D eigenvalue weighted by atomic mass is 9.94. The molecule has 1 aliphatic carbocycles. The van der Waals surface area contributed by atoms with Crippen LogP contribution in [-0.4, -0.2) is 122 Å². The molecule has 0 spiro atoms. The van der Waals surface area contributed by atoms with Crippen LogP contribution in [0, 0.1) is 5.92 Å². The predicted molar refractivity (Wildman–Crippen MR) is 166 cm³/mol. The summed E-state index contributed by atoms with van der Waals surface area (Å²) in [5, 5.41) is 50.3. The molecule has 14 nitrogen and oxygen atoms in total. The zero-order chi connectivity index (χ0) is 33.2. The highest BCUT2D eigenvalue weighted by atomic mass is 32.1. The molecular weight excluding hydrogens is 596 g/mol. The Bertz CT molecular complexity index is 1080. The van der Waals surface area contributed by atoms with Gasteiger partial charge in [-0.25, -0.2) is 0 Å². The van der Waals surface area contributed by atoms with Crippen LogP contribution in [-0.2, 0) is 30.4 Å². The Labute approximate surface area is 262 Å². The fourth-order valence-corrected chi connectivity index (χ4v) is 4.85. The first-order valence-electron chi connectivity index (χ1n) is 14.4. The van der Waals surface area contributed by atoms with Crippen LogP contribution in [0.2, 0.25) is 0 Å². The number of hydrogen-bond acceptors (Lipinski definition) is 9. The third-order valence-corrected chi connectivity index (χ3v) is 7.41. The van der Waals surface area contributed by atoms with Gasteiger partial charge in [0.15, 0.2) is 0 Å². The number of aliphatic carboxylic acids is 5. The first-order chi connectivity index (χ1) is 20.7. The lowest BCUT2D eigenvalue weighted by Crippen LogP contribution is -2.48. The normalized spacial score (nSPS) is 14.0. The Balaban J connectivity index is 0.000000539. The maximum absolute atomic E-state index is 11.2. The van der Waals surface area contributed by atoms with Crippen molar-refractivity contribution in [3.8, 4) is 0 Å². The van der Waals surface area contributed by atoms with E-state index in [-0.39, 0.29) is 38.1 Å². The quantitative estimate of drug-likeness (QED) is 0.114. The first kappa shape index (κ1) is 38.4. The molecule has 0 amide bonds. The van der Waals surface area contributed by atoms with Crippen molar-refractivity contribution < 1.29 is 49.5 Å². The Hall–Kier alpha value is -3.66. The summed E-state index contributed by atoms with van der Waals surface area (Å²) in [4.78, 5) is 57.9. The average molecular weight is 641 g/mol. The fraction of sp³-hybridized carbons (Fsp3) is 0.586. The van der Waals surface area contributed by atoms with Gasteiger partial charge in [0.1, 0.15) is 0 Å². The van der Waals surface area contributed by atoms with E-state index in [2.05, 4.69) is 10.6 Å². The van der Waals surface area contributed by atoms with E-state index in [1.807, 2.05) is 38.1 Å². The smallest absolute Gasteiger partial charge is 0.317 e. The number of carbonyl (C=O) groups is 5. The number of carboxylic acid groups (broad SMARTS) is 5. The molecule has 0 bridgehead atoms. The fourth-order valence-electron chi connectivity index (χ4n) is 4.73. The summed E-state index contributed by atoms with van der Waals surface area (Å²) in [5.74, 6) is -5.07. The van der Waals surface area contributed by atoms with Gasteiger partial charge in [0, 0.05) is 30.2 Å². The van der Waals surface area contributed by atoms with E-state index >= 15 is 0 Å². The molecule has 1 unspecified atom stereocenters. The zero-order valence-corrected chi connectivity index (χ0v) is 25.9. The van der Waals surface area contributed by atoms with E-state index in [4.69, 9.17) is 37.8 Å². The number of carboxylic acids is 5. The number of rotatable bonds is 18. The molecule has 1 fully saturated rings. The number of benzene rings is 1. The maximum atomic E-state index is 11.2. The highest BCUT2D eigenvalue weighted by molar-refractivity contribution is 7.80. The van der Waals surface area contributed by atoms with E-state index in [0.29, 0.717) is 11.4 Å². The molecule has 0 heterocycles. The number of nitrogens with zero attached hydrogens (tertiary/aromatic N) is 2. The molecule has 0 aliphatic heterocycles. The Morgan fingerprint density at radius 3 is 1.73 bits per heavy atom. The predicted octanol–water partition coefficient (Wildman–Crippen LogP) is 1.93. The van der Waals surface area contributed by atoms with Crippen molar-refractivity contribution >= 4 is 52.7 Å². The molecule has 1 saturated carbocycles. The van der Waals surface area contributed by atoms with Gasteiger partial charge in [-0.15, -0.1) is 0 Å². The van der Waals surface area contributed by atoms with Crippen molar-refractivity contribution in [1.29, 1.82) is 0 Å². The van der Waals surface area contributed by atoms with Gasteiger partial charge in [-0.05, 0) is 37.0 Å². The standard InChI is InChI=1S/C19H27N3O6S.C10H17NO4/c1-12(2)19(29)21-14-5-3-13(4-6-14)7-15(8-20-9-16(23)24)22(10-17(25)26)11-18(27)28;12-9(13)6-11(7-10(14)15)8-4-2-1-3-5-8/h3-6,12,15,20H,7-11H2,1-2H3,(H,21,29)(H,23,24)(H,25,26)(H,27,28);8H,1-7H2,(H,12,13)(H,14,15). The van der Waals surface area contributed by atoms with Crippen LogP contribution in [0.4, 0.5) is 5.69 Å². The SMILES string of the molecule is CC(C)C(=S)Nc1ccc(CC(CNCC(=O)O)N(CC(=O)O)CC(=O)O)cc1.O=C(O)CN(CC(=O)O)C1CCCCC1. The van der Waals surface area contributed by atoms with Crippen molar-refractivity contribution in [2.45, 2.75) is 64.5 Å².